The van der Waals surface area contributed by atoms with Crippen LogP contribution in [0.2, 0.25) is 0 Å². The standard InChI is InChI=1S/C25H27N3O5S/c1-4-27-16(3)23(25(31)32-5-2)19-13-18(11-12-20(19)27)33-14-21(29)26-28-22(30)15-34-24(28)17-9-7-6-8-10-17/h6-13,24H,4-5,14-15H2,1-3H3,(H,26,29)/t24-/m1/s1. The Hall–Kier alpha value is -3.46. The number of fused-ring (bicyclic) bond motifs is 1. The number of esters is 1. The van der Waals surface area contributed by atoms with Crippen LogP contribution in [0.4, 0.5) is 0 Å². The van der Waals surface area contributed by atoms with Crippen LogP contribution in [0, 0.1) is 6.92 Å². The molecule has 0 bridgehead atoms. The van der Waals surface area contributed by atoms with Crippen molar-refractivity contribution >= 4 is 40.4 Å². The minimum Gasteiger partial charge on any atom is -0.484 e. The summed E-state index contributed by atoms with van der Waals surface area (Å²) in [4.78, 5) is 37.5. The van der Waals surface area contributed by atoms with Gasteiger partial charge in [-0.05, 0) is 44.5 Å². The molecule has 34 heavy (non-hydrogen) atoms. The molecule has 0 unspecified atom stereocenters. The number of rotatable bonds is 8. The number of aromatic nitrogens is 1. The Kier molecular flexibility index (Phi) is 7.12. The number of nitrogens with zero attached hydrogens (tertiary/aromatic N) is 2. The first-order valence-corrected chi connectivity index (χ1v) is 12.2. The van der Waals surface area contributed by atoms with Crippen LogP contribution in [0.15, 0.2) is 48.5 Å². The number of hydrogen-bond acceptors (Lipinski definition) is 6. The predicted octanol–water partition coefficient (Wildman–Crippen LogP) is 3.83. The Bertz CT molecular complexity index is 1220. The Balaban J connectivity index is 1.49. The van der Waals surface area contributed by atoms with Gasteiger partial charge in [0.05, 0.1) is 17.9 Å². The third-order valence-electron chi connectivity index (χ3n) is 5.66. The molecule has 0 saturated carbocycles. The summed E-state index contributed by atoms with van der Waals surface area (Å²) in [5, 5.41) is 1.79. The first-order valence-electron chi connectivity index (χ1n) is 11.1. The second-order valence-electron chi connectivity index (χ2n) is 7.77. The van der Waals surface area contributed by atoms with Crippen LogP contribution in [-0.4, -0.2) is 46.3 Å². The van der Waals surface area contributed by atoms with Crippen molar-refractivity contribution in [1.82, 2.24) is 15.0 Å². The van der Waals surface area contributed by atoms with E-state index in [4.69, 9.17) is 9.47 Å². The average Bonchev–Trinajstić information content (AvgIpc) is 3.34. The van der Waals surface area contributed by atoms with Crippen LogP contribution in [0.25, 0.3) is 10.9 Å². The summed E-state index contributed by atoms with van der Waals surface area (Å²) < 4.78 is 13.0. The fourth-order valence-electron chi connectivity index (χ4n) is 4.14. The topological polar surface area (TPSA) is 89.9 Å². The summed E-state index contributed by atoms with van der Waals surface area (Å²) in [6, 6.07) is 14.9. The van der Waals surface area contributed by atoms with Gasteiger partial charge in [-0.15, -0.1) is 11.8 Å². The van der Waals surface area contributed by atoms with E-state index in [2.05, 4.69) is 5.43 Å². The number of carbonyl (C=O) groups is 3. The van der Waals surface area contributed by atoms with Crippen LogP contribution in [0.3, 0.4) is 0 Å². The van der Waals surface area contributed by atoms with Gasteiger partial charge in [-0.3, -0.25) is 15.0 Å². The first-order chi connectivity index (χ1) is 16.4. The van der Waals surface area contributed by atoms with Gasteiger partial charge in [0.2, 0.25) is 0 Å². The quantitative estimate of drug-likeness (QED) is 0.492. The molecule has 2 heterocycles. The van der Waals surface area contributed by atoms with Gasteiger partial charge in [0.15, 0.2) is 6.61 Å². The molecule has 4 rings (SSSR count). The molecule has 1 fully saturated rings. The van der Waals surface area contributed by atoms with Crippen molar-refractivity contribution in [2.45, 2.75) is 32.7 Å². The first kappa shape index (κ1) is 23.7. The molecule has 8 nitrogen and oxygen atoms in total. The number of hydrogen-bond donors (Lipinski definition) is 1. The van der Waals surface area contributed by atoms with Crippen molar-refractivity contribution in [3.05, 3.63) is 65.4 Å². The van der Waals surface area contributed by atoms with Crippen molar-refractivity contribution in [3.63, 3.8) is 0 Å². The number of ether oxygens (including phenoxy) is 2. The SMILES string of the molecule is CCOC(=O)c1c(C)n(CC)c2ccc(OCC(=O)NN3C(=O)CS[C@@H]3c3ccccc3)cc12. The van der Waals surface area contributed by atoms with E-state index in [1.54, 1.807) is 19.1 Å². The molecular formula is C25H27N3O5S. The average molecular weight is 482 g/mol. The monoisotopic (exact) mass is 481 g/mol. The van der Waals surface area contributed by atoms with E-state index >= 15 is 0 Å². The second kappa shape index (κ2) is 10.2. The van der Waals surface area contributed by atoms with Gasteiger partial charge in [0, 0.05) is 23.1 Å². The summed E-state index contributed by atoms with van der Waals surface area (Å²) in [7, 11) is 0. The van der Waals surface area contributed by atoms with Crippen LogP contribution in [-0.2, 0) is 20.9 Å². The van der Waals surface area contributed by atoms with Gasteiger partial charge < -0.3 is 14.0 Å². The Morgan fingerprint density at radius 1 is 1.15 bits per heavy atom. The molecule has 1 aromatic heterocycles. The minimum atomic E-state index is -0.440. The number of hydrazine groups is 1. The zero-order valence-corrected chi connectivity index (χ0v) is 20.2. The lowest BCUT2D eigenvalue weighted by Gasteiger charge is -2.24. The van der Waals surface area contributed by atoms with Crippen molar-refractivity contribution < 1.29 is 23.9 Å². The molecule has 9 heteroatoms. The fourth-order valence-corrected chi connectivity index (χ4v) is 5.25. The summed E-state index contributed by atoms with van der Waals surface area (Å²) in [6.07, 6.45) is 0. The van der Waals surface area contributed by atoms with E-state index in [0.717, 1.165) is 16.8 Å². The number of thioether (sulfide) groups is 1. The van der Waals surface area contributed by atoms with Gasteiger partial charge in [0.25, 0.3) is 11.8 Å². The van der Waals surface area contributed by atoms with E-state index in [0.29, 0.717) is 29.0 Å². The smallest absolute Gasteiger partial charge is 0.340 e. The van der Waals surface area contributed by atoms with Crippen LogP contribution in [0.1, 0.15) is 40.8 Å². The maximum atomic E-state index is 12.6. The Morgan fingerprint density at radius 2 is 1.91 bits per heavy atom. The molecule has 0 spiro atoms. The van der Waals surface area contributed by atoms with Gasteiger partial charge >= 0.3 is 5.97 Å². The maximum Gasteiger partial charge on any atom is 0.340 e. The van der Waals surface area contributed by atoms with Crippen molar-refractivity contribution in [2.24, 2.45) is 0 Å². The van der Waals surface area contributed by atoms with Gasteiger partial charge in [0.1, 0.15) is 11.1 Å². The van der Waals surface area contributed by atoms with Crippen LogP contribution >= 0.6 is 11.8 Å². The van der Waals surface area contributed by atoms with E-state index in [1.165, 1.54) is 16.8 Å². The van der Waals surface area contributed by atoms with E-state index in [1.807, 2.05) is 54.8 Å². The van der Waals surface area contributed by atoms with Gasteiger partial charge in [-0.25, -0.2) is 9.80 Å². The normalized spacial score (nSPS) is 15.6. The zero-order valence-electron chi connectivity index (χ0n) is 19.4. The summed E-state index contributed by atoms with van der Waals surface area (Å²) in [5.41, 5.74) is 5.83. The highest BCUT2D eigenvalue weighted by atomic mass is 32.2. The molecule has 2 aromatic carbocycles. The number of carbonyl (C=O) groups excluding carboxylic acids is 3. The lowest BCUT2D eigenvalue weighted by molar-refractivity contribution is -0.140. The van der Waals surface area contributed by atoms with Gasteiger partial charge in [-0.2, -0.15) is 0 Å². The Labute approximate surface area is 202 Å². The Morgan fingerprint density at radius 3 is 2.62 bits per heavy atom. The van der Waals surface area contributed by atoms with E-state index in [-0.39, 0.29) is 30.5 Å². The highest BCUT2D eigenvalue weighted by Crippen LogP contribution is 2.37. The summed E-state index contributed by atoms with van der Waals surface area (Å²) >= 11 is 1.46. The molecule has 0 aliphatic carbocycles. The van der Waals surface area contributed by atoms with E-state index in [9.17, 15) is 14.4 Å². The molecule has 2 amide bonds. The number of nitrogens with one attached hydrogen (secondary N) is 1. The third-order valence-corrected chi connectivity index (χ3v) is 6.87. The van der Waals surface area contributed by atoms with Gasteiger partial charge in [-0.1, -0.05) is 30.3 Å². The summed E-state index contributed by atoms with van der Waals surface area (Å²) in [5.74, 6) is -0.247. The lowest BCUT2D eigenvalue weighted by Crippen LogP contribution is -2.46. The molecule has 1 N–H and O–H groups in total. The van der Waals surface area contributed by atoms with Crippen molar-refractivity contribution in [1.29, 1.82) is 0 Å². The van der Waals surface area contributed by atoms with E-state index < -0.39 is 5.91 Å². The molecule has 1 saturated heterocycles. The fraction of sp³-hybridized carbons (Fsp3) is 0.320. The maximum absolute atomic E-state index is 12.6. The molecule has 1 aliphatic heterocycles. The predicted molar refractivity (Wildman–Crippen MR) is 130 cm³/mol. The second-order valence-corrected chi connectivity index (χ2v) is 8.83. The molecule has 178 valence electrons. The number of benzene rings is 2. The summed E-state index contributed by atoms with van der Waals surface area (Å²) in [6.45, 7) is 6.38. The molecular weight excluding hydrogens is 454 g/mol. The molecule has 1 aliphatic rings. The van der Waals surface area contributed by atoms with Crippen molar-refractivity contribution in [2.75, 3.05) is 19.0 Å². The highest BCUT2D eigenvalue weighted by molar-refractivity contribution is 8.00. The minimum absolute atomic E-state index is 0.163. The molecule has 1 atom stereocenters. The third kappa shape index (κ3) is 4.61. The highest BCUT2D eigenvalue weighted by Gasteiger charge is 2.34. The number of aryl methyl sites for hydroxylation is 1. The molecule has 0 radical (unpaired) electrons. The van der Waals surface area contributed by atoms with Crippen LogP contribution < -0.4 is 10.2 Å². The van der Waals surface area contributed by atoms with Crippen LogP contribution in [0.5, 0.6) is 5.75 Å². The number of amides is 2. The largest absolute Gasteiger partial charge is 0.484 e. The zero-order chi connectivity index (χ0) is 24.2. The molecule has 3 aromatic rings. The van der Waals surface area contributed by atoms with Crippen molar-refractivity contribution in [3.8, 4) is 5.75 Å². The lowest BCUT2D eigenvalue weighted by atomic mass is 10.1.